The summed E-state index contributed by atoms with van der Waals surface area (Å²) < 4.78 is 10.1. The Hall–Kier alpha value is -0.160. The normalized spacial score (nSPS) is 18.7. The maximum Gasteiger partial charge on any atom is 0.0897 e. The van der Waals surface area contributed by atoms with Crippen LogP contribution in [0.25, 0.3) is 0 Å². The zero-order valence-electron chi connectivity index (χ0n) is 11.0. The van der Waals surface area contributed by atoms with Gasteiger partial charge in [0.1, 0.15) is 0 Å². The Balaban J connectivity index is 1.84. The molecule has 0 heterocycles. The molecule has 1 aliphatic rings. The molecule has 102 valence electrons. The van der Waals surface area contributed by atoms with Crippen LogP contribution >= 0.6 is 0 Å². The molecule has 0 aromatic heterocycles. The van der Waals surface area contributed by atoms with E-state index in [0.717, 1.165) is 12.5 Å². The second-order valence-corrected chi connectivity index (χ2v) is 4.86. The molecule has 0 saturated heterocycles. The third-order valence-electron chi connectivity index (χ3n) is 3.33. The molecule has 2 N–H and O–H groups in total. The Kier molecular flexibility index (Phi) is 8.61. The lowest BCUT2D eigenvalue weighted by Crippen LogP contribution is -2.31. The van der Waals surface area contributed by atoms with Gasteiger partial charge in [-0.2, -0.15) is 0 Å². The van der Waals surface area contributed by atoms with Gasteiger partial charge in [0.25, 0.3) is 0 Å². The summed E-state index contributed by atoms with van der Waals surface area (Å²) in [5.74, 6) is 0.914. The molecule has 1 unspecified atom stereocenters. The van der Waals surface area contributed by atoms with Gasteiger partial charge in [0.15, 0.2) is 0 Å². The van der Waals surface area contributed by atoms with Crippen LogP contribution in [0.5, 0.6) is 0 Å². The minimum atomic E-state index is -0.407. The van der Waals surface area contributed by atoms with E-state index in [0.29, 0.717) is 26.4 Å². The van der Waals surface area contributed by atoms with Crippen LogP contribution in [0.3, 0.4) is 0 Å². The standard InChI is InChI=1S/C13H27NO3/c1-16-8-9-17-11-13(15)10-14-7-6-12-4-2-3-5-12/h12-15H,2-11H2,1H3. The first kappa shape index (κ1) is 14.9. The highest BCUT2D eigenvalue weighted by Gasteiger charge is 2.14. The Bertz CT molecular complexity index is 172. The van der Waals surface area contributed by atoms with Crippen molar-refractivity contribution in [3.8, 4) is 0 Å². The van der Waals surface area contributed by atoms with E-state index in [-0.39, 0.29) is 0 Å². The summed E-state index contributed by atoms with van der Waals surface area (Å²) in [5, 5.41) is 12.9. The van der Waals surface area contributed by atoms with Crippen LogP contribution in [-0.4, -0.2) is 51.2 Å². The van der Waals surface area contributed by atoms with Crippen molar-refractivity contribution < 1.29 is 14.6 Å². The summed E-state index contributed by atoms with van der Waals surface area (Å²) in [4.78, 5) is 0. The second-order valence-electron chi connectivity index (χ2n) is 4.86. The fraction of sp³-hybridized carbons (Fsp3) is 1.00. The van der Waals surface area contributed by atoms with Gasteiger partial charge in [-0.3, -0.25) is 0 Å². The topological polar surface area (TPSA) is 50.7 Å². The fourth-order valence-corrected chi connectivity index (χ4v) is 2.29. The molecule has 1 saturated carbocycles. The average Bonchev–Trinajstić information content (AvgIpc) is 2.83. The minimum absolute atomic E-state index is 0.389. The number of methoxy groups -OCH3 is 1. The minimum Gasteiger partial charge on any atom is -0.389 e. The van der Waals surface area contributed by atoms with Crippen molar-refractivity contribution in [1.82, 2.24) is 5.32 Å². The average molecular weight is 245 g/mol. The van der Waals surface area contributed by atoms with Crippen LogP contribution in [0.1, 0.15) is 32.1 Å². The lowest BCUT2D eigenvalue weighted by Gasteiger charge is -2.13. The first-order valence-corrected chi connectivity index (χ1v) is 6.78. The summed E-state index contributed by atoms with van der Waals surface area (Å²) >= 11 is 0. The number of aliphatic hydroxyl groups is 1. The molecule has 1 aliphatic carbocycles. The Morgan fingerprint density at radius 2 is 2.06 bits per heavy atom. The Morgan fingerprint density at radius 3 is 2.76 bits per heavy atom. The van der Waals surface area contributed by atoms with Crippen molar-refractivity contribution in [2.75, 3.05) is 40.0 Å². The van der Waals surface area contributed by atoms with Crippen molar-refractivity contribution in [1.29, 1.82) is 0 Å². The molecule has 0 aromatic carbocycles. The van der Waals surface area contributed by atoms with E-state index in [1.807, 2.05) is 0 Å². The maximum absolute atomic E-state index is 9.61. The van der Waals surface area contributed by atoms with Crippen LogP contribution in [-0.2, 0) is 9.47 Å². The summed E-state index contributed by atoms with van der Waals surface area (Å²) in [7, 11) is 1.64. The predicted molar refractivity (Wildman–Crippen MR) is 68.1 cm³/mol. The second kappa shape index (κ2) is 9.83. The van der Waals surface area contributed by atoms with E-state index in [1.165, 1.54) is 32.1 Å². The summed E-state index contributed by atoms with van der Waals surface area (Å²) in [6.45, 7) is 3.16. The molecule has 0 spiro atoms. The molecular formula is C13H27NO3. The van der Waals surface area contributed by atoms with Gasteiger partial charge in [0.2, 0.25) is 0 Å². The fourth-order valence-electron chi connectivity index (χ4n) is 2.29. The van der Waals surface area contributed by atoms with Crippen molar-refractivity contribution in [2.24, 2.45) is 5.92 Å². The quantitative estimate of drug-likeness (QED) is 0.568. The monoisotopic (exact) mass is 245 g/mol. The SMILES string of the molecule is COCCOCC(O)CNCCC1CCCC1. The third-order valence-corrected chi connectivity index (χ3v) is 3.33. The number of rotatable bonds is 10. The molecule has 4 heteroatoms. The van der Waals surface area contributed by atoms with Gasteiger partial charge in [-0.1, -0.05) is 25.7 Å². The van der Waals surface area contributed by atoms with Crippen LogP contribution in [0.15, 0.2) is 0 Å². The van der Waals surface area contributed by atoms with Gasteiger partial charge in [-0.05, 0) is 18.9 Å². The highest BCUT2D eigenvalue weighted by Crippen LogP contribution is 2.26. The first-order chi connectivity index (χ1) is 8.33. The molecular weight excluding hydrogens is 218 g/mol. The molecule has 0 amide bonds. The number of ether oxygens (including phenoxy) is 2. The molecule has 1 atom stereocenters. The van der Waals surface area contributed by atoms with Gasteiger partial charge >= 0.3 is 0 Å². The van der Waals surface area contributed by atoms with Gasteiger partial charge in [0, 0.05) is 13.7 Å². The predicted octanol–water partition coefficient (Wildman–Crippen LogP) is 1.18. The number of aliphatic hydroxyl groups excluding tert-OH is 1. The maximum atomic E-state index is 9.61. The molecule has 0 aromatic rings. The van der Waals surface area contributed by atoms with E-state index in [4.69, 9.17) is 9.47 Å². The lowest BCUT2D eigenvalue weighted by molar-refractivity contribution is 0.0138. The molecule has 0 radical (unpaired) electrons. The van der Waals surface area contributed by atoms with Gasteiger partial charge < -0.3 is 19.9 Å². The van der Waals surface area contributed by atoms with E-state index >= 15 is 0 Å². The zero-order chi connectivity index (χ0) is 12.3. The van der Waals surface area contributed by atoms with Gasteiger partial charge in [-0.25, -0.2) is 0 Å². The van der Waals surface area contributed by atoms with E-state index < -0.39 is 6.10 Å². The van der Waals surface area contributed by atoms with Crippen molar-refractivity contribution in [2.45, 2.75) is 38.2 Å². The number of nitrogens with one attached hydrogen (secondary N) is 1. The number of hydrogen-bond donors (Lipinski definition) is 2. The highest BCUT2D eigenvalue weighted by atomic mass is 16.5. The molecule has 1 fully saturated rings. The van der Waals surface area contributed by atoms with E-state index in [1.54, 1.807) is 7.11 Å². The van der Waals surface area contributed by atoms with Gasteiger partial charge in [-0.15, -0.1) is 0 Å². The molecule has 4 nitrogen and oxygen atoms in total. The zero-order valence-corrected chi connectivity index (χ0v) is 11.0. The molecule has 17 heavy (non-hydrogen) atoms. The summed E-state index contributed by atoms with van der Waals surface area (Å²) in [6.07, 6.45) is 6.43. The summed E-state index contributed by atoms with van der Waals surface area (Å²) in [5.41, 5.74) is 0. The summed E-state index contributed by atoms with van der Waals surface area (Å²) in [6, 6.07) is 0. The van der Waals surface area contributed by atoms with E-state index in [9.17, 15) is 5.11 Å². The third kappa shape index (κ3) is 7.71. The van der Waals surface area contributed by atoms with Crippen molar-refractivity contribution in [3.05, 3.63) is 0 Å². The molecule has 1 rings (SSSR count). The smallest absolute Gasteiger partial charge is 0.0897 e. The van der Waals surface area contributed by atoms with Crippen LogP contribution in [0.2, 0.25) is 0 Å². The van der Waals surface area contributed by atoms with Crippen molar-refractivity contribution in [3.63, 3.8) is 0 Å². The number of hydrogen-bond acceptors (Lipinski definition) is 4. The van der Waals surface area contributed by atoms with Crippen LogP contribution in [0.4, 0.5) is 0 Å². The van der Waals surface area contributed by atoms with E-state index in [2.05, 4.69) is 5.32 Å². The first-order valence-electron chi connectivity index (χ1n) is 6.78. The lowest BCUT2D eigenvalue weighted by atomic mass is 10.0. The van der Waals surface area contributed by atoms with Crippen molar-refractivity contribution >= 4 is 0 Å². The largest absolute Gasteiger partial charge is 0.389 e. The highest BCUT2D eigenvalue weighted by molar-refractivity contribution is 4.68. The molecule has 0 aliphatic heterocycles. The van der Waals surface area contributed by atoms with Crippen LogP contribution in [0, 0.1) is 5.92 Å². The van der Waals surface area contributed by atoms with Crippen LogP contribution < -0.4 is 5.32 Å². The Morgan fingerprint density at radius 1 is 1.29 bits per heavy atom. The Labute approximate surface area is 105 Å². The van der Waals surface area contributed by atoms with Gasteiger partial charge in [0.05, 0.1) is 25.9 Å². The molecule has 0 bridgehead atoms.